The molecule has 0 spiro atoms. The molecule has 0 bridgehead atoms. The number of nitrogens with zero attached hydrogens (tertiary/aromatic N) is 2. The minimum Gasteiger partial charge on any atom is -0.393 e. The summed E-state index contributed by atoms with van der Waals surface area (Å²) in [4.78, 5) is 10.2. The van der Waals surface area contributed by atoms with Crippen LogP contribution in [0.15, 0.2) is 23.1 Å². The first-order chi connectivity index (χ1) is 9.75. The van der Waals surface area contributed by atoms with Crippen LogP contribution in [0.2, 0.25) is 0 Å². The number of rotatable bonds is 3. The number of aliphatic hydroxyl groups is 1. The topological polar surface area (TPSA) is 101 Å². The quantitative estimate of drug-likeness (QED) is 0.669. The third-order valence-corrected chi connectivity index (χ3v) is 5.87. The highest BCUT2D eigenvalue weighted by atomic mass is 32.2. The van der Waals surface area contributed by atoms with Crippen molar-refractivity contribution in [1.82, 2.24) is 4.31 Å². The van der Waals surface area contributed by atoms with Crippen molar-refractivity contribution in [2.24, 2.45) is 5.92 Å². The van der Waals surface area contributed by atoms with E-state index in [4.69, 9.17) is 0 Å². The van der Waals surface area contributed by atoms with Gasteiger partial charge in [-0.2, -0.15) is 4.31 Å². The molecule has 1 aromatic carbocycles. The molecular weight excluding hydrogens is 296 g/mol. The highest BCUT2D eigenvalue weighted by molar-refractivity contribution is 7.89. The molecule has 21 heavy (non-hydrogen) atoms. The summed E-state index contributed by atoms with van der Waals surface area (Å²) in [5, 5.41) is 20.8. The van der Waals surface area contributed by atoms with E-state index < -0.39 is 26.7 Å². The zero-order chi connectivity index (χ0) is 15.8. The summed E-state index contributed by atoms with van der Waals surface area (Å²) in [6, 6.07) is 4.21. The molecule has 1 aliphatic rings. The van der Waals surface area contributed by atoms with Gasteiger partial charge in [-0.25, -0.2) is 8.42 Å². The summed E-state index contributed by atoms with van der Waals surface area (Å²) in [5.41, 5.74) is -0.0586. The molecule has 2 unspecified atom stereocenters. The molecule has 0 saturated carbocycles. The number of aryl methyl sites for hydroxylation is 1. The van der Waals surface area contributed by atoms with Crippen LogP contribution in [0.25, 0.3) is 0 Å². The number of hydrogen-bond acceptors (Lipinski definition) is 5. The molecule has 1 N–H and O–H groups in total. The average Bonchev–Trinajstić information content (AvgIpc) is 2.41. The Bertz CT molecular complexity index is 659. The first-order valence-electron chi connectivity index (χ1n) is 6.67. The van der Waals surface area contributed by atoms with Gasteiger partial charge in [-0.15, -0.1) is 0 Å². The molecule has 0 aromatic heterocycles. The van der Waals surface area contributed by atoms with Crippen molar-refractivity contribution < 1.29 is 18.4 Å². The van der Waals surface area contributed by atoms with Crippen molar-refractivity contribution in [1.29, 1.82) is 0 Å². The second-order valence-electron chi connectivity index (χ2n) is 5.38. The van der Waals surface area contributed by atoms with Gasteiger partial charge in [0, 0.05) is 19.2 Å². The number of piperidine rings is 1. The first-order valence-corrected chi connectivity index (χ1v) is 8.11. The van der Waals surface area contributed by atoms with Gasteiger partial charge in [-0.1, -0.05) is 19.1 Å². The lowest BCUT2D eigenvalue weighted by Gasteiger charge is -2.33. The van der Waals surface area contributed by atoms with Gasteiger partial charge < -0.3 is 5.11 Å². The van der Waals surface area contributed by atoms with Crippen LogP contribution in [0.5, 0.6) is 0 Å². The summed E-state index contributed by atoms with van der Waals surface area (Å²) in [7, 11) is -3.94. The molecule has 0 aliphatic carbocycles. The van der Waals surface area contributed by atoms with Gasteiger partial charge >= 0.3 is 0 Å². The Morgan fingerprint density at radius 1 is 1.43 bits per heavy atom. The Hall–Kier alpha value is -1.51. The van der Waals surface area contributed by atoms with Crippen LogP contribution in [-0.4, -0.2) is 41.9 Å². The summed E-state index contributed by atoms with van der Waals surface area (Å²) in [5.74, 6) is -0.198. The second-order valence-corrected chi connectivity index (χ2v) is 7.25. The normalized spacial score (nSPS) is 24.0. The molecule has 1 heterocycles. The Labute approximate surface area is 123 Å². The zero-order valence-electron chi connectivity index (χ0n) is 11.9. The summed E-state index contributed by atoms with van der Waals surface area (Å²) >= 11 is 0. The summed E-state index contributed by atoms with van der Waals surface area (Å²) < 4.78 is 26.7. The monoisotopic (exact) mass is 314 g/mol. The molecule has 1 saturated heterocycles. The van der Waals surface area contributed by atoms with Gasteiger partial charge in [0.05, 0.1) is 11.0 Å². The van der Waals surface area contributed by atoms with Crippen LogP contribution in [0.3, 0.4) is 0 Å². The second kappa shape index (κ2) is 5.70. The van der Waals surface area contributed by atoms with Gasteiger partial charge in [-0.05, 0) is 24.8 Å². The zero-order valence-corrected chi connectivity index (χ0v) is 12.7. The molecule has 0 radical (unpaired) electrons. The molecule has 2 atom stereocenters. The number of nitro groups is 1. The van der Waals surface area contributed by atoms with Crippen molar-refractivity contribution >= 4 is 15.7 Å². The number of aliphatic hydroxyl groups excluding tert-OH is 1. The molecule has 116 valence electrons. The maximum atomic E-state index is 12.7. The SMILES string of the molecule is Cc1cccc([N+](=O)[O-])c1S(=O)(=O)N1CCC(O)C(C)C1. The van der Waals surface area contributed by atoms with Crippen molar-refractivity contribution in [2.45, 2.75) is 31.3 Å². The number of hydrogen-bond donors (Lipinski definition) is 1. The fourth-order valence-electron chi connectivity index (χ4n) is 2.56. The van der Waals surface area contributed by atoms with E-state index in [1.807, 2.05) is 0 Å². The highest BCUT2D eigenvalue weighted by Gasteiger charge is 2.37. The Balaban J connectivity index is 2.48. The van der Waals surface area contributed by atoms with E-state index in [0.717, 1.165) is 0 Å². The number of benzene rings is 1. The maximum Gasteiger partial charge on any atom is 0.289 e. The van der Waals surface area contributed by atoms with Crippen LogP contribution >= 0.6 is 0 Å². The lowest BCUT2D eigenvalue weighted by molar-refractivity contribution is -0.387. The van der Waals surface area contributed by atoms with E-state index in [1.54, 1.807) is 19.9 Å². The van der Waals surface area contributed by atoms with E-state index >= 15 is 0 Å². The molecule has 1 fully saturated rings. The van der Waals surface area contributed by atoms with Crippen molar-refractivity contribution in [3.63, 3.8) is 0 Å². The van der Waals surface area contributed by atoms with Gasteiger partial charge in [0.25, 0.3) is 5.69 Å². The van der Waals surface area contributed by atoms with E-state index in [2.05, 4.69) is 0 Å². The summed E-state index contributed by atoms with van der Waals surface area (Å²) in [6.45, 7) is 3.63. The molecule has 0 amide bonds. The predicted molar refractivity (Wildman–Crippen MR) is 76.4 cm³/mol. The van der Waals surface area contributed by atoms with E-state index in [9.17, 15) is 23.6 Å². The lowest BCUT2D eigenvalue weighted by Crippen LogP contribution is -2.45. The minimum atomic E-state index is -3.94. The number of nitro benzene ring substituents is 1. The highest BCUT2D eigenvalue weighted by Crippen LogP contribution is 2.32. The van der Waals surface area contributed by atoms with Gasteiger partial charge in [0.15, 0.2) is 4.90 Å². The Morgan fingerprint density at radius 2 is 2.10 bits per heavy atom. The minimum absolute atomic E-state index is 0.162. The van der Waals surface area contributed by atoms with E-state index in [-0.39, 0.29) is 23.9 Å². The average molecular weight is 314 g/mol. The summed E-state index contributed by atoms with van der Waals surface area (Å²) in [6.07, 6.45) is -0.205. The van der Waals surface area contributed by atoms with Crippen LogP contribution in [0.4, 0.5) is 5.69 Å². The first kappa shape index (κ1) is 15.9. The lowest BCUT2D eigenvalue weighted by atomic mass is 9.99. The van der Waals surface area contributed by atoms with Crippen LogP contribution in [0.1, 0.15) is 18.9 Å². The molecule has 7 nitrogen and oxygen atoms in total. The third kappa shape index (κ3) is 2.92. The van der Waals surface area contributed by atoms with Gasteiger partial charge in [0.2, 0.25) is 10.0 Å². The largest absolute Gasteiger partial charge is 0.393 e. The molecule has 2 rings (SSSR count). The Kier molecular flexibility index (Phi) is 4.31. The standard InChI is InChI=1S/C13H18N2O5S/c1-9-4-3-5-11(15(17)18)13(9)21(19,20)14-7-6-12(16)10(2)8-14/h3-5,10,12,16H,6-8H2,1-2H3. The Morgan fingerprint density at radius 3 is 2.67 bits per heavy atom. The third-order valence-electron chi connectivity index (χ3n) is 3.81. The van der Waals surface area contributed by atoms with Crippen LogP contribution in [0, 0.1) is 23.0 Å². The predicted octanol–water partition coefficient (Wildman–Crippen LogP) is 1.29. The fourth-order valence-corrected chi connectivity index (χ4v) is 4.48. The van der Waals surface area contributed by atoms with Crippen molar-refractivity contribution in [3.05, 3.63) is 33.9 Å². The van der Waals surface area contributed by atoms with E-state index in [0.29, 0.717) is 12.0 Å². The van der Waals surface area contributed by atoms with Crippen molar-refractivity contribution in [3.8, 4) is 0 Å². The fraction of sp³-hybridized carbons (Fsp3) is 0.538. The maximum absolute atomic E-state index is 12.7. The van der Waals surface area contributed by atoms with Crippen LogP contribution in [-0.2, 0) is 10.0 Å². The molecule has 1 aliphatic heterocycles. The van der Waals surface area contributed by atoms with Crippen molar-refractivity contribution in [2.75, 3.05) is 13.1 Å². The van der Waals surface area contributed by atoms with Crippen LogP contribution < -0.4 is 0 Å². The molecular formula is C13H18N2O5S. The van der Waals surface area contributed by atoms with Gasteiger partial charge in [-0.3, -0.25) is 10.1 Å². The van der Waals surface area contributed by atoms with Gasteiger partial charge in [0.1, 0.15) is 0 Å². The van der Waals surface area contributed by atoms with E-state index in [1.165, 1.54) is 16.4 Å². The molecule has 8 heteroatoms. The number of sulfonamides is 1. The smallest absolute Gasteiger partial charge is 0.289 e. The molecule has 1 aromatic rings.